The molecule has 0 fully saturated rings. The second kappa shape index (κ2) is 7.61. The molecule has 0 spiro atoms. The highest BCUT2D eigenvalue weighted by atomic mass is 32.2. The number of amides is 1. The number of nitrogens with one attached hydrogen (secondary N) is 1. The van der Waals surface area contributed by atoms with Gasteiger partial charge in [0, 0.05) is 11.4 Å². The summed E-state index contributed by atoms with van der Waals surface area (Å²) in [5.41, 5.74) is 6.96. The SMILES string of the molecule is Nc1ncc(Sc2ccccc2)nc1C(=O)NCc1ccccc1. The number of benzene rings is 2. The van der Waals surface area contributed by atoms with Crippen LogP contribution in [0.4, 0.5) is 5.82 Å². The molecule has 24 heavy (non-hydrogen) atoms. The molecule has 3 N–H and O–H groups in total. The molecule has 6 heteroatoms. The van der Waals surface area contributed by atoms with Crippen LogP contribution < -0.4 is 11.1 Å². The Labute approximate surface area is 144 Å². The number of aromatic nitrogens is 2. The minimum atomic E-state index is -0.334. The smallest absolute Gasteiger partial charge is 0.274 e. The summed E-state index contributed by atoms with van der Waals surface area (Å²) in [6, 6.07) is 19.4. The second-order valence-corrected chi connectivity index (χ2v) is 6.12. The fourth-order valence-electron chi connectivity index (χ4n) is 2.07. The van der Waals surface area contributed by atoms with E-state index in [1.807, 2.05) is 60.7 Å². The Balaban J connectivity index is 1.72. The molecule has 1 aromatic heterocycles. The third-order valence-corrected chi connectivity index (χ3v) is 4.17. The molecule has 2 aromatic carbocycles. The van der Waals surface area contributed by atoms with E-state index >= 15 is 0 Å². The molecule has 0 aliphatic carbocycles. The molecule has 0 radical (unpaired) electrons. The number of rotatable bonds is 5. The molecule has 120 valence electrons. The summed E-state index contributed by atoms with van der Waals surface area (Å²) in [6.07, 6.45) is 1.57. The van der Waals surface area contributed by atoms with Crippen LogP contribution in [-0.4, -0.2) is 15.9 Å². The van der Waals surface area contributed by atoms with Gasteiger partial charge in [-0.25, -0.2) is 9.97 Å². The van der Waals surface area contributed by atoms with Crippen molar-refractivity contribution in [2.45, 2.75) is 16.5 Å². The number of carbonyl (C=O) groups excluding carboxylic acids is 1. The molecule has 1 heterocycles. The average molecular weight is 336 g/mol. The van der Waals surface area contributed by atoms with Crippen molar-refractivity contribution in [3.63, 3.8) is 0 Å². The van der Waals surface area contributed by atoms with Crippen LogP contribution in [0, 0.1) is 0 Å². The molecular weight excluding hydrogens is 320 g/mol. The Kier molecular flexibility index (Phi) is 5.08. The maximum Gasteiger partial charge on any atom is 0.274 e. The van der Waals surface area contributed by atoms with Crippen molar-refractivity contribution in [3.05, 3.63) is 78.1 Å². The fraction of sp³-hybridized carbons (Fsp3) is 0.0556. The van der Waals surface area contributed by atoms with Gasteiger partial charge >= 0.3 is 0 Å². The van der Waals surface area contributed by atoms with Gasteiger partial charge in [-0.1, -0.05) is 60.3 Å². The minimum absolute atomic E-state index is 0.123. The van der Waals surface area contributed by atoms with Gasteiger partial charge in [-0.2, -0.15) is 0 Å². The largest absolute Gasteiger partial charge is 0.382 e. The van der Waals surface area contributed by atoms with Crippen molar-refractivity contribution >= 4 is 23.5 Å². The van der Waals surface area contributed by atoms with Crippen LogP contribution in [0.5, 0.6) is 0 Å². The lowest BCUT2D eigenvalue weighted by Crippen LogP contribution is -2.25. The number of anilines is 1. The standard InChI is InChI=1S/C18H16N4OS/c19-17-16(18(23)21-11-13-7-3-1-4-8-13)22-15(12-20-17)24-14-9-5-2-6-10-14/h1-10,12H,11H2,(H2,19,20)(H,21,23). The van der Waals surface area contributed by atoms with E-state index in [1.54, 1.807) is 6.20 Å². The summed E-state index contributed by atoms with van der Waals surface area (Å²) < 4.78 is 0. The summed E-state index contributed by atoms with van der Waals surface area (Å²) >= 11 is 1.43. The van der Waals surface area contributed by atoms with Gasteiger partial charge in [-0.3, -0.25) is 4.79 Å². The van der Waals surface area contributed by atoms with E-state index in [2.05, 4.69) is 15.3 Å². The lowest BCUT2D eigenvalue weighted by molar-refractivity contribution is 0.0946. The molecule has 3 aromatic rings. The first kappa shape index (κ1) is 16.0. The first-order valence-corrected chi connectivity index (χ1v) is 8.21. The van der Waals surface area contributed by atoms with Crippen LogP contribution in [0.15, 0.2) is 76.8 Å². The monoisotopic (exact) mass is 336 g/mol. The summed E-state index contributed by atoms with van der Waals surface area (Å²) in [5, 5.41) is 3.44. The molecule has 0 aliphatic heterocycles. The Bertz CT molecular complexity index is 825. The molecule has 0 saturated heterocycles. The Morgan fingerprint density at radius 1 is 1.04 bits per heavy atom. The van der Waals surface area contributed by atoms with Crippen molar-refractivity contribution in [3.8, 4) is 0 Å². The molecule has 3 rings (SSSR count). The summed E-state index contributed by atoms with van der Waals surface area (Å²) in [5.74, 6) is -0.211. The molecule has 0 atom stereocenters. The van der Waals surface area contributed by atoms with E-state index in [9.17, 15) is 4.79 Å². The normalized spacial score (nSPS) is 10.3. The zero-order chi connectivity index (χ0) is 16.8. The van der Waals surface area contributed by atoms with E-state index in [1.165, 1.54) is 11.8 Å². The highest BCUT2D eigenvalue weighted by Crippen LogP contribution is 2.25. The predicted molar refractivity (Wildman–Crippen MR) is 94.6 cm³/mol. The van der Waals surface area contributed by atoms with E-state index in [0.29, 0.717) is 11.6 Å². The van der Waals surface area contributed by atoms with Gasteiger partial charge in [-0.15, -0.1) is 0 Å². The van der Waals surface area contributed by atoms with Gasteiger partial charge < -0.3 is 11.1 Å². The summed E-state index contributed by atoms with van der Waals surface area (Å²) in [4.78, 5) is 21.8. The fourth-order valence-corrected chi connectivity index (χ4v) is 2.85. The summed E-state index contributed by atoms with van der Waals surface area (Å²) in [7, 11) is 0. The van der Waals surface area contributed by atoms with Crippen LogP contribution in [0.3, 0.4) is 0 Å². The van der Waals surface area contributed by atoms with Gasteiger partial charge in [0.15, 0.2) is 11.5 Å². The van der Waals surface area contributed by atoms with Gasteiger partial charge in [0.05, 0.1) is 6.20 Å². The number of hydrogen-bond acceptors (Lipinski definition) is 5. The van der Waals surface area contributed by atoms with Crippen LogP contribution in [-0.2, 0) is 6.54 Å². The van der Waals surface area contributed by atoms with Crippen molar-refractivity contribution < 1.29 is 4.79 Å². The number of nitrogens with zero attached hydrogens (tertiary/aromatic N) is 2. The van der Waals surface area contributed by atoms with Gasteiger partial charge in [0.1, 0.15) is 5.03 Å². The molecule has 1 amide bonds. The maximum atomic E-state index is 12.3. The average Bonchev–Trinajstić information content (AvgIpc) is 2.63. The zero-order valence-corrected chi connectivity index (χ0v) is 13.7. The molecule has 0 unspecified atom stereocenters. The number of hydrogen-bond donors (Lipinski definition) is 2. The van der Waals surface area contributed by atoms with Gasteiger partial charge in [-0.05, 0) is 17.7 Å². The highest BCUT2D eigenvalue weighted by Gasteiger charge is 2.14. The number of nitrogen functional groups attached to an aromatic ring is 1. The van der Waals surface area contributed by atoms with E-state index in [-0.39, 0.29) is 17.4 Å². The Morgan fingerprint density at radius 2 is 1.71 bits per heavy atom. The first-order chi connectivity index (χ1) is 11.7. The quantitative estimate of drug-likeness (QED) is 0.748. The predicted octanol–water partition coefficient (Wildman–Crippen LogP) is 3.14. The summed E-state index contributed by atoms with van der Waals surface area (Å²) in [6.45, 7) is 0.414. The van der Waals surface area contributed by atoms with E-state index in [0.717, 1.165) is 10.5 Å². The zero-order valence-electron chi connectivity index (χ0n) is 12.8. The minimum Gasteiger partial charge on any atom is -0.382 e. The van der Waals surface area contributed by atoms with Crippen molar-refractivity contribution in [2.75, 3.05) is 5.73 Å². The van der Waals surface area contributed by atoms with Crippen LogP contribution in [0.1, 0.15) is 16.1 Å². The van der Waals surface area contributed by atoms with E-state index in [4.69, 9.17) is 5.73 Å². The van der Waals surface area contributed by atoms with E-state index < -0.39 is 0 Å². The third-order valence-electron chi connectivity index (χ3n) is 3.26. The Morgan fingerprint density at radius 3 is 2.42 bits per heavy atom. The highest BCUT2D eigenvalue weighted by molar-refractivity contribution is 7.99. The van der Waals surface area contributed by atoms with Crippen molar-refractivity contribution in [2.24, 2.45) is 0 Å². The van der Waals surface area contributed by atoms with Gasteiger partial charge in [0.2, 0.25) is 0 Å². The molecule has 5 nitrogen and oxygen atoms in total. The number of carbonyl (C=O) groups is 1. The molecular formula is C18H16N4OS. The van der Waals surface area contributed by atoms with Crippen molar-refractivity contribution in [1.29, 1.82) is 0 Å². The third kappa shape index (κ3) is 4.11. The first-order valence-electron chi connectivity index (χ1n) is 7.40. The van der Waals surface area contributed by atoms with Crippen LogP contribution in [0.25, 0.3) is 0 Å². The van der Waals surface area contributed by atoms with Crippen molar-refractivity contribution in [1.82, 2.24) is 15.3 Å². The van der Waals surface area contributed by atoms with Crippen LogP contribution in [0.2, 0.25) is 0 Å². The molecule has 0 bridgehead atoms. The Hall–Kier alpha value is -2.86. The van der Waals surface area contributed by atoms with Crippen LogP contribution >= 0.6 is 11.8 Å². The lowest BCUT2D eigenvalue weighted by atomic mass is 10.2. The molecule has 0 aliphatic rings. The number of nitrogens with two attached hydrogens (primary N) is 1. The second-order valence-electron chi connectivity index (χ2n) is 5.03. The van der Waals surface area contributed by atoms with Gasteiger partial charge in [0.25, 0.3) is 5.91 Å². The topological polar surface area (TPSA) is 80.9 Å². The maximum absolute atomic E-state index is 12.3. The molecule has 0 saturated carbocycles. The lowest BCUT2D eigenvalue weighted by Gasteiger charge is -2.08.